The van der Waals surface area contributed by atoms with E-state index < -0.39 is 4.92 Å². The van der Waals surface area contributed by atoms with Crippen molar-refractivity contribution in [2.75, 3.05) is 7.11 Å². The normalized spacial score (nSPS) is 18.2. The second-order valence-electron chi connectivity index (χ2n) is 8.13. The van der Waals surface area contributed by atoms with Gasteiger partial charge in [0.25, 0.3) is 11.6 Å². The number of non-ortho nitro benzene ring substituents is 1. The number of carbonyl (C=O) groups excluding carboxylic acids is 1. The largest absolute Gasteiger partial charge is 0.493 e. The van der Waals surface area contributed by atoms with Crippen molar-refractivity contribution in [3.8, 4) is 17.6 Å². The van der Waals surface area contributed by atoms with Gasteiger partial charge in [-0.2, -0.15) is 5.26 Å². The molecule has 8 heteroatoms. The summed E-state index contributed by atoms with van der Waals surface area (Å²) in [6.07, 6.45) is 5.80. The summed E-state index contributed by atoms with van der Waals surface area (Å²) < 4.78 is 11.2. The average Bonchev–Trinajstić information content (AvgIpc) is 2.83. The molecule has 0 bridgehead atoms. The predicted octanol–water partition coefficient (Wildman–Crippen LogP) is 4.78. The van der Waals surface area contributed by atoms with Gasteiger partial charge in [0.1, 0.15) is 18.2 Å². The Kier molecular flexibility index (Phi) is 8.03. The predicted molar refractivity (Wildman–Crippen MR) is 124 cm³/mol. The van der Waals surface area contributed by atoms with Gasteiger partial charge in [0.05, 0.1) is 12.0 Å². The van der Waals surface area contributed by atoms with E-state index in [9.17, 15) is 20.2 Å². The van der Waals surface area contributed by atoms with Gasteiger partial charge in [-0.05, 0) is 60.2 Å². The number of nitro groups is 1. The van der Waals surface area contributed by atoms with Crippen LogP contribution in [0, 0.1) is 27.4 Å². The maximum atomic E-state index is 12.6. The van der Waals surface area contributed by atoms with Crippen molar-refractivity contribution < 1.29 is 19.2 Å². The van der Waals surface area contributed by atoms with E-state index in [0.29, 0.717) is 23.0 Å². The van der Waals surface area contributed by atoms with Crippen LogP contribution in [0.15, 0.2) is 48.0 Å². The Labute approximate surface area is 193 Å². The van der Waals surface area contributed by atoms with Crippen molar-refractivity contribution in [3.63, 3.8) is 0 Å². The SMILES string of the molecule is COc1cc(/C=C(\C#N)C(=O)N[C@@H]2CCCC[C@H]2C)ccc1OCc1ccc([N+](=O)[O-])cc1. The zero-order valence-corrected chi connectivity index (χ0v) is 18.7. The van der Waals surface area contributed by atoms with Crippen LogP contribution < -0.4 is 14.8 Å². The Morgan fingerprint density at radius 2 is 1.94 bits per heavy atom. The second kappa shape index (κ2) is 11.1. The number of methoxy groups -OCH3 is 1. The first kappa shape index (κ1) is 23.8. The number of hydrogen-bond donors (Lipinski definition) is 1. The smallest absolute Gasteiger partial charge is 0.269 e. The number of hydrogen-bond acceptors (Lipinski definition) is 6. The third kappa shape index (κ3) is 6.32. The fourth-order valence-corrected chi connectivity index (χ4v) is 3.86. The van der Waals surface area contributed by atoms with Crippen LogP contribution in [0.3, 0.4) is 0 Å². The molecule has 1 aliphatic carbocycles. The third-order valence-corrected chi connectivity index (χ3v) is 5.83. The van der Waals surface area contributed by atoms with E-state index in [1.54, 1.807) is 30.3 Å². The van der Waals surface area contributed by atoms with Crippen molar-refractivity contribution in [1.82, 2.24) is 5.32 Å². The molecule has 0 radical (unpaired) electrons. The van der Waals surface area contributed by atoms with E-state index in [2.05, 4.69) is 12.2 Å². The highest BCUT2D eigenvalue weighted by Gasteiger charge is 2.24. The zero-order valence-electron chi connectivity index (χ0n) is 18.7. The first-order chi connectivity index (χ1) is 15.9. The molecule has 8 nitrogen and oxygen atoms in total. The van der Waals surface area contributed by atoms with Gasteiger partial charge in [0.2, 0.25) is 0 Å². The van der Waals surface area contributed by atoms with Crippen molar-refractivity contribution >= 4 is 17.7 Å². The van der Waals surface area contributed by atoms with Crippen LogP contribution in [0.4, 0.5) is 5.69 Å². The first-order valence-electron chi connectivity index (χ1n) is 10.9. The van der Waals surface area contributed by atoms with E-state index in [-0.39, 0.29) is 29.8 Å². The van der Waals surface area contributed by atoms with Gasteiger partial charge in [-0.1, -0.05) is 25.8 Å². The molecule has 1 amide bonds. The number of nitrogens with zero attached hydrogens (tertiary/aromatic N) is 2. The number of nitro benzene ring substituents is 1. The van der Waals surface area contributed by atoms with Crippen molar-refractivity contribution in [1.29, 1.82) is 5.26 Å². The molecular formula is C25H27N3O5. The lowest BCUT2D eigenvalue weighted by Gasteiger charge is -2.29. The van der Waals surface area contributed by atoms with Gasteiger partial charge in [0.15, 0.2) is 11.5 Å². The third-order valence-electron chi connectivity index (χ3n) is 5.83. The van der Waals surface area contributed by atoms with E-state index in [1.807, 2.05) is 6.07 Å². The summed E-state index contributed by atoms with van der Waals surface area (Å²) in [5.74, 6) is 0.958. The van der Waals surface area contributed by atoms with Crippen molar-refractivity contribution in [3.05, 3.63) is 69.3 Å². The van der Waals surface area contributed by atoms with Crippen LogP contribution >= 0.6 is 0 Å². The molecule has 2 atom stereocenters. The summed E-state index contributed by atoms with van der Waals surface area (Å²) in [4.78, 5) is 23.0. The molecule has 2 aromatic carbocycles. The highest BCUT2D eigenvalue weighted by molar-refractivity contribution is 6.01. The van der Waals surface area contributed by atoms with E-state index in [0.717, 1.165) is 24.8 Å². The summed E-state index contributed by atoms with van der Waals surface area (Å²) in [7, 11) is 1.50. The maximum absolute atomic E-state index is 12.6. The molecule has 33 heavy (non-hydrogen) atoms. The Morgan fingerprint density at radius 3 is 2.58 bits per heavy atom. The summed E-state index contributed by atoms with van der Waals surface area (Å²) >= 11 is 0. The van der Waals surface area contributed by atoms with Gasteiger partial charge >= 0.3 is 0 Å². The van der Waals surface area contributed by atoms with Gasteiger partial charge in [-0.3, -0.25) is 14.9 Å². The molecule has 0 aliphatic heterocycles. The Hall–Kier alpha value is -3.86. The van der Waals surface area contributed by atoms with Gasteiger partial charge in [-0.25, -0.2) is 0 Å². The number of rotatable bonds is 8. The van der Waals surface area contributed by atoms with Gasteiger partial charge < -0.3 is 14.8 Å². The maximum Gasteiger partial charge on any atom is 0.269 e. The first-order valence-corrected chi connectivity index (χ1v) is 10.9. The highest BCUT2D eigenvalue weighted by Crippen LogP contribution is 2.30. The molecule has 3 rings (SSSR count). The van der Waals surface area contributed by atoms with Crippen LogP contribution in [0.25, 0.3) is 6.08 Å². The number of benzene rings is 2. The molecule has 2 aromatic rings. The van der Waals surface area contributed by atoms with Gasteiger partial charge in [-0.15, -0.1) is 0 Å². The molecule has 1 aliphatic rings. The van der Waals surface area contributed by atoms with Crippen LogP contribution in [0.5, 0.6) is 11.5 Å². The van der Waals surface area contributed by atoms with E-state index >= 15 is 0 Å². The van der Waals surface area contributed by atoms with E-state index in [4.69, 9.17) is 9.47 Å². The van der Waals surface area contributed by atoms with Crippen molar-refractivity contribution in [2.24, 2.45) is 5.92 Å². The number of carbonyl (C=O) groups is 1. The topological polar surface area (TPSA) is 114 Å². The Bertz CT molecular complexity index is 1070. The fraction of sp³-hybridized carbons (Fsp3) is 0.360. The van der Waals surface area contributed by atoms with Crippen LogP contribution in [0.1, 0.15) is 43.7 Å². The molecule has 1 N–H and O–H groups in total. The summed E-state index contributed by atoms with van der Waals surface area (Å²) in [5.41, 5.74) is 1.46. The molecule has 0 saturated heterocycles. The molecule has 172 valence electrons. The average molecular weight is 450 g/mol. The lowest BCUT2D eigenvalue weighted by Crippen LogP contribution is -2.41. The summed E-state index contributed by atoms with van der Waals surface area (Å²) in [5, 5.41) is 23.3. The molecular weight excluding hydrogens is 422 g/mol. The molecule has 1 fully saturated rings. The van der Waals surface area contributed by atoms with Crippen LogP contribution in [-0.2, 0) is 11.4 Å². The molecule has 1 saturated carbocycles. The number of ether oxygens (including phenoxy) is 2. The molecule has 0 aromatic heterocycles. The highest BCUT2D eigenvalue weighted by atomic mass is 16.6. The lowest BCUT2D eigenvalue weighted by atomic mass is 9.86. The minimum Gasteiger partial charge on any atom is -0.493 e. The van der Waals surface area contributed by atoms with Gasteiger partial charge in [0, 0.05) is 18.2 Å². The number of nitriles is 1. The standard InChI is InChI=1S/C25H27N3O5/c1-17-5-3-4-6-22(17)27-25(29)20(15-26)13-19-9-12-23(24(14-19)32-2)33-16-18-7-10-21(11-8-18)28(30)31/h7-14,17,22H,3-6,16H2,1-2H3,(H,27,29)/b20-13+/t17-,22-/m1/s1. The minimum atomic E-state index is -0.453. The fourth-order valence-electron chi connectivity index (χ4n) is 3.86. The van der Waals surface area contributed by atoms with Crippen molar-refractivity contribution in [2.45, 2.75) is 45.3 Å². The Balaban J connectivity index is 1.69. The summed E-state index contributed by atoms with van der Waals surface area (Å²) in [6, 6.07) is 13.3. The Morgan fingerprint density at radius 1 is 1.21 bits per heavy atom. The van der Waals surface area contributed by atoms with Crippen LogP contribution in [0.2, 0.25) is 0 Å². The lowest BCUT2D eigenvalue weighted by molar-refractivity contribution is -0.384. The zero-order chi connectivity index (χ0) is 23.8. The quantitative estimate of drug-likeness (QED) is 0.268. The minimum absolute atomic E-state index is 0.0164. The molecule has 0 unspecified atom stereocenters. The monoisotopic (exact) mass is 449 g/mol. The molecule has 0 spiro atoms. The number of nitrogens with one attached hydrogen (secondary N) is 1. The van der Waals surface area contributed by atoms with Crippen LogP contribution in [-0.4, -0.2) is 24.0 Å². The second-order valence-corrected chi connectivity index (χ2v) is 8.13. The number of amides is 1. The summed E-state index contributed by atoms with van der Waals surface area (Å²) in [6.45, 7) is 2.33. The molecule has 0 heterocycles. The van der Waals surface area contributed by atoms with E-state index in [1.165, 1.54) is 31.7 Å².